The van der Waals surface area contributed by atoms with Gasteiger partial charge in [0.2, 0.25) is 5.91 Å². The molecule has 0 bridgehead atoms. The maximum absolute atomic E-state index is 13.2. The van der Waals surface area contributed by atoms with Crippen molar-refractivity contribution in [2.75, 3.05) is 31.5 Å². The normalized spacial score (nSPS) is 18.6. The lowest BCUT2D eigenvalue weighted by molar-refractivity contribution is -0.120. The summed E-state index contributed by atoms with van der Waals surface area (Å²) in [5.74, 6) is 0.0171. The molecule has 0 spiro atoms. The number of rotatable bonds is 5. The van der Waals surface area contributed by atoms with Gasteiger partial charge < -0.3 is 10.2 Å². The molecule has 10 heteroatoms. The van der Waals surface area contributed by atoms with Crippen LogP contribution in [-0.2, 0) is 14.8 Å². The molecule has 0 unspecified atom stereocenters. The number of thiophene rings is 1. The minimum Gasteiger partial charge on any atom is -0.339 e. The van der Waals surface area contributed by atoms with E-state index in [2.05, 4.69) is 10.3 Å². The van der Waals surface area contributed by atoms with E-state index in [-0.39, 0.29) is 35.0 Å². The number of anilines is 1. The quantitative estimate of drug-likeness (QED) is 0.691. The summed E-state index contributed by atoms with van der Waals surface area (Å²) in [4.78, 5) is 31.4. The molecule has 4 heterocycles. The Morgan fingerprint density at radius 1 is 1.06 bits per heavy atom. The first-order chi connectivity index (χ1) is 15.8. The van der Waals surface area contributed by atoms with Crippen LogP contribution in [-0.4, -0.2) is 60.6 Å². The van der Waals surface area contributed by atoms with Crippen molar-refractivity contribution in [3.8, 4) is 0 Å². The van der Waals surface area contributed by atoms with E-state index in [0.29, 0.717) is 24.2 Å². The summed E-state index contributed by atoms with van der Waals surface area (Å²) in [6, 6.07) is 5.15. The van der Waals surface area contributed by atoms with E-state index in [1.165, 1.54) is 10.4 Å². The van der Waals surface area contributed by atoms with Gasteiger partial charge in [-0.2, -0.15) is 4.31 Å². The fourth-order valence-corrected chi connectivity index (χ4v) is 7.05. The molecule has 2 aromatic heterocycles. The second-order valence-corrected chi connectivity index (χ2v) is 11.8. The van der Waals surface area contributed by atoms with Crippen molar-refractivity contribution in [1.29, 1.82) is 0 Å². The smallest absolute Gasteiger partial charge is 0.254 e. The number of nitrogens with zero attached hydrogens (tertiary/aromatic N) is 3. The molecule has 2 fully saturated rings. The second-order valence-electron chi connectivity index (χ2n) is 8.75. The maximum atomic E-state index is 13.2. The number of pyridine rings is 1. The van der Waals surface area contributed by atoms with E-state index in [9.17, 15) is 18.0 Å². The number of piperidine rings is 1. The Kier molecular flexibility index (Phi) is 7.45. The summed E-state index contributed by atoms with van der Waals surface area (Å²) in [7, 11) is -3.69. The van der Waals surface area contributed by atoms with Crippen LogP contribution in [0.4, 0.5) is 5.82 Å². The van der Waals surface area contributed by atoms with Gasteiger partial charge >= 0.3 is 0 Å². The molecule has 0 aliphatic carbocycles. The van der Waals surface area contributed by atoms with Crippen LogP contribution in [0, 0.1) is 12.8 Å². The van der Waals surface area contributed by atoms with E-state index >= 15 is 0 Å². The van der Waals surface area contributed by atoms with Crippen LogP contribution in [0.5, 0.6) is 0 Å². The van der Waals surface area contributed by atoms with Gasteiger partial charge in [0.15, 0.2) is 0 Å². The highest BCUT2D eigenvalue weighted by Crippen LogP contribution is 2.29. The van der Waals surface area contributed by atoms with Gasteiger partial charge in [0.05, 0.1) is 5.56 Å². The molecule has 2 aliphatic rings. The number of carbonyl (C=O) groups is 2. The average Bonchev–Trinajstić information content (AvgIpc) is 3.17. The molecule has 0 radical (unpaired) electrons. The van der Waals surface area contributed by atoms with E-state index in [0.717, 1.165) is 55.7 Å². The largest absolute Gasteiger partial charge is 0.339 e. The van der Waals surface area contributed by atoms with Crippen molar-refractivity contribution in [3.05, 3.63) is 40.9 Å². The minimum absolute atomic E-state index is 0.0882. The highest BCUT2D eigenvalue weighted by molar-refractivity contribution is 7.91. The number of aromatic nitrogens is 1. The molecule has 178 valence electrons. The number of likely N-dealkylation sites (tertiary alicyclic amines) is 1. The van der Waals surface area contributed by atoms with Crippen LogP contribution >= 0.6 is 11.3 Å². The predicted molar refractivity (Wildman–Crippen MR) is 128 cm³/mol. The lowest BCUT2D eigenvalue weighted by atomic mass is 9.97. The molecule has 2 aromatic rings. The summed E-state index contributed by atoms with van der Waals surface area (Å²) in [6.45, 7) is 3.93. The standard InChI is InChI=1S/C23H30N4O4S2/c1-17-6-7-20(24-15-17)25-22(28)18-8-12-27(13-9-18)33(30,31)21-14-19(16-32-21)23(29)26-10-4-2-3-5-11-26/h6-7,14-16,18H,2-5,8-13H2,1H3,(H,24,25,28). The molecule has 0 saturated carbocycles. The number of hydrogen-bond donors (Lipinski definition) is 1. The minimum atomic E-state index is -3.69. The summed E-state index contributed by atoms with van der Waals surface area (Å²) < 4.78 is 27.9. The van der Waals surface area contributed by atoms with Crippen molar-refractivity contribution >= 4 is 39.0 Å². The molecule has 2 saturated heterocycles. The predicted octanol–water partition coefficient (Wildman–Crippen LogP) is 3.51. The molecule has 4 rings (SSSR count). The highest BCUT2D eigenvalue weighted by Gasteiger charge is 2.33. The van der Waals surface area contributed by atoms with Crippen molar-refractivity contribution in [2.24, 2.45) is 5.92 Å². The average molecular weight is 491 g/mol. The molecule has 1 N–H and O–H groups in total. The number of nitrogens with one attached hydrogen (secondary N) is 1. The van der Waals surface area contributed by atoms with Crippen LogP contribution in [0.15, 0.2) is 34.0 Å². The van der Waals surface area contributed by atoms with Gasteiger partial charge in [-0.25, -0.2) is 13.4 Å². The zero-order valence-electron chi connectivity index (χ0n) is 18.8. The summed E-state index contributed by atoms with van der Waals surface area (Å²) in [6.07, 6.45) is 6.82. The Morgan fingerprint density at radius 2 is 1.76 bits per heavy atom. The fraction of sp³-hybridized carbons (Fsp3) is 0.522. The molecule has 0 atom stereocenters. The van der Waals surface area contributed by atoms with Crippen LogP contribution in [0.1, 0.15) is 54.4 Å². The summed E-state index contributed by atoms with van der Waals surface area (Å²) in [5, 5.41) is 4.47. The molecule has 2 amide bonds. The molecule has 0 aromatic carbocycles. The Labute approximate surface area is 199 Å². The Balaban J connectivity index is 1.35. The second kappa shape index (κ2) is 10.3. The number of hydrogen-bond acceptors (Lipinski definition) is 6. The number of aryl methyl sites for hydroxylation is 1. The van der Waals surface area contributed by atoms with Crippen molar-refractivity contribution < 1.29 is 18.0 Å². The van der Waals surface area contributed by atoms with Gasteiger partial charge in [-0.05, 0) is 50.3 Å². The van der Waals surface area contributed by atoms with E-state index in [1.54, 1.807) is 17.6 Å². The first-order valence-corrected chi connectivity index (χ1v) is 13.8. The highest BCUT2D eigenvalue weighted by atomic mass is 32.2. The number of carbonyl (C=O) groups excluding carboxylic acids is 2. The van der Waals surface area contributed by atoms with Crippen LogP contribution in [0.3, 0.4) is 0 Å². The number of amides is 2. The van der Waals surface area contributed by atoms with E-state index in [1.807, 2.05) is 17.9 Å². The lowest BCUT2D eigenvalue weighted by Crippen LogP contribution is -2.41. The molecular formula is C23H30N4O4S2. The number of sulfonamides is 1. The van der Waals surface area contributed by atoms with Crippen molar-refractivity contribution in [3.63, 3.8) is 0 Å². The van der Waals surface area contributed by atoms with E-state index < -0.39 is 10.0 Å². The molecular weight excluding hydrogens is 460 g/mol. The van der Waals surface area contributed by atoms with Crippen LogP contribution < -0.4 is 5.32 Å². The third-order valence-corrected chi connectivity index (χ3v) is 9.61. The zero-order chi connectivity index (χ0) is 23.4. The fourth-order valence-electron chi connectivity index (χ4n) is 4.28. The van der Waals surface area contributed by atoms with Gasteiger partial charge in [0.1, 0.15) is 10.0 Å². The zero-order valence-corrected chi connectivity index (χ0v) is 20.5. The van der Waals surface area contributed by atoms with Gasteiger partial charge in [-0.1, -0.05) is 18.9 Å². The lowest BCUT2D eigenvalue weighted by Gasteiger charge is -2.30. The van der Waals surface area contributed by atoms with Gasteiger partial charge in [0.25, 0.3) is 15.9 Å². The van der Waals surface area contributed by atoms with Crippen LogP contribution in [0.25, 0.3) is 0 Å². The maximum Gasteiger partial charge on any atom is 0.254 e. The SMILES string of the molecule is Cc1ccc(NC(=O)C2CCN(S(=O)(=O)c3cc(C(=O)N4CCCCCC4)cs3)CC2)nc1. The topological polar surface area (TPSA) is 99.7 Å². The molecule has 33 heavy (non-hydrogen) atoms. The van der Waals surface area contributed by atoms with Crippen molar-refractivity contribution in [2.45, 2.75) is 49.7 Å². The third-order valence-electron chi connectivity index (χ3n) is 6.30. The third kappa shape index (κ3) is 5.62. The molecule has 8 nitrogen and oxygen atoms in total. The van der Waals surface area contributed by atoms with Gasteiger partial charge in [-0.3, -0.25) is 9.59 Å². The van der Waals surface area contributed by atoms with Crippen molar-refractivity contribution in [1.82, 2.24) is 14.2 Å². The first kappa shape index (κ1) is 23.8. The summed E-state index contributed by atoms with van der Waals surface area (Å²) >= 11 is 1.09. The Bertz CT molecular complexity index is 1080. The van der Waals surface area contributed by atoms with Crippen LogP contribution in [0.2, 0.25) is 0 Å². The monoisotopic (exact) mass is 490 g/mol. The van der Waals surface area contributed by atoms with Gasteiger partial charge in [0, 0.05) is 43.7 Å². The summed E-state index contributed by atoms with van der Waals surface area (Å²) in [5.41, 5.74) is 1.46. The van der Waals surface area contributed by atoms with E-state index in [4.69, 9.17) is 0 Å². The Morgan fingerprint density at radius 3 is 2.39 bits per heavy atom. The Hall–Kier alpha value is -2.30. The first-order valence-electron chi connectivity index (χ1n) is 11.5. The van der Waals surface area contributed by atoms with Gasteiger partial charge in [-0.15, -0.1) is 11.3 Å². The molecule has 2 aliphatic heterocycles.